The normalized spacial score (nSPS) is 11.9. The Hall–Kier alpha value is -1.43. The van der Waals surface area contributed by atoms with Gasteiger partial charge < -0.3 is 4.74 Å². The van der Waals surface area contributed by atoms with Gasteiger partial charge in [-0.15, -0.1) is 0 Å². The van der Waals surface area contributed by atoms with Gasteiger partial charge in [0.05, 0.1) is 11.2 Å². The van der Waals surface area contributed by atoms with E-state index in [0.29, 0.717) is 22.1 Å². The van der Waals surface area contributed by atoms with E-state index in [4.69, 9.17) is 4.74 Å². The third-order valence-corrected chi connectivity index (χ3v) is 3.35. The molecule has 0 bridgehead atoms. The highest BCUT2D eigenvalue weighted by Crippen LogP contribution is 2.24. The van der Waals surface area contributed by atoms with Crippen LogP contribution in [0.15, 0.2) is 12.1 Å². The first kappa shape index (κ1) is 15.0. The minimum Gasteiger partial charge on any atom is -0.442 e. The monoisotopic (exact) mass is 342 g/mol. The number of fused-ring (bicyclic) bond motifs is 1. The number of ether oxygens (including phenoxy) is 1. The molecule has 2 rings (SSSR count). The molecule has 2 aromatic rings. The molecule has 0 fully saturated rings. The number of aromatic nitrogens is 2. The number of carbonyl (C=O) groups excluding carboxylic acids is 1. The van der Waals surface area contributed by atoms with E-state index in [9.17, 15) is 9.18 Å². The van der Waals surface area contributed by atoms with Gasteiger partial charge in [-0.2, -0.15) is 9.78 Å². The number of hydrogen-bond acceptors (Lipinski definition) is 3. The largest absolute Gasteiger partial charge is 0.442 e. The van der Waals surface area contributed by atoms with E-state index in [1.807, 2.05) is 0 Å². The highest BCUT2D eigenvalue weighted by molar-refractivity contribution is 9.08. The summed E-state index contributed by atoms with van der Waals surface area (Å²) in [6, 6.07) is 3.01. The molecule has 0 aliphatic heterocycles. The fourth-order valence-corrected chi connectivity index (χ4v) is 2.31. The van der Waals surface area contributed by atoms with Gasteiger partial charge in [-0.25, -0.2) is 9.18 Å². The van der Waals surface area contributed by atoms with Crippen molar-refractivity contribution in [3.05, 3.63) is 29.2 Å². The molecule has 6 heteroatoms. The predicted octanol–water partition coefficient (Wildman–Crippen LogP) is 4.16. The van der Waals surface area contributed by atoms with Gasteiger partial charge in [-0.1, -0.05) is 15.9 Å². The van der Waals surface area contributed by atoms with E-state index < -0.39 is 11.7 Å². The molecule has 20 heavy (non-hydrogen) atoms. The average Bonchev–Trinajstić information content (AvgIpc) is 2.63. The van der Waals surface area contributed by atoms with E-state index in [-0.39, 0.29) is 5.82 Å². The fourth-order valence-electron chi connectivity index (χ4n) is 1.88. The lowest BCUT2D eigenvalue weighted by atomic mass is 10.1. The molecule has 0 radical (unpaired) electrons. The van der Waals surface area contributed by atoms with Crippen molar-refractivity contribution in [2.45, 2.75) is 38.6 Å². The summed E-state index contributed by atoms with van der Waals surface area (Å²) in [6.07, 6.45) is -0.610. The van der Waals surface area contributed by atoms with Crippen LogP contribution in [0, 0.1) is 12.7 Å². The van der Waals surface area contributed by atoms with Crippen molar-refractivity contribution in [3.8, 4) is 0 Å². The molecule has 1 aromatic heterocycles. The molecule has 0 atom stereocenters. The molecule has 0 saturated carbocycles. The number of rotatable bonds is 1. The second-order valence-corrected chi connectivity index (χ2v) is 6.13. The zero-order chi connectivity index (χ0) is 15.1. The lowest BCUT2D eigenvalue weighted by molar-refractivity contribution is 0.0522. The van der Waals surface area contributed by atoms with Crippen LogP contribution >= 0.6 is 15.9 Å². The first-order valence-corrected chi connectivity index (χ1v) is 7.32. The van der Waals surface area contributed by atoms with E-state index in [2.05, 4.69) is 21.0 Å². The molecule has 4 nitrogen and oxygen atoms in total. The van der Waals surface area contributed by atoms with Crippen LogP contribution in [0.3, 0.4) is 0 Å². The average molecular weight is 343 g/mol. The minimum atomic E-state index is -0.627. The number of nitrogens with zero attached hydrogens (tertiary/aromatic N) is 2. The second kappa shape index (κ2) is 5.16. The third-order valence-electron chi connectivity index (χ3n) is 2.74. The van der Waals surface area contributed by atoms with Gasteiger partial charge in [0.2, 0.25) is 0 Å². The van der Waals surface area contributed by atoms with Crippen molar-refractivity contribution >= 4 is 32.9 Å². The molecule has 1 aromatic carbocycles. The van der Waals surface area contributed by atoms with Gasteiger partial charge in [0, 0.05) is 16.8 Å². The summed E-state index contributed by atoms with van der Waals surface area (Å²) in [5.41, 5.74) is 0.980. The summed E-state index contributed by atoms with van der Waals surface area (Å²) in [5.74, 6) is -0.376. The van der Waals surface area contributed by atoms with Crippen molar-refractivity contribution in [1.82, 2.24) is 9.78 Å². The maximum atomic E-state index is 13.9. The molecular weight excluding hydrogens is 327 g/mol. The van der Waals surface area contributed by atoms with Crippen LogP contribution in [0.1, 0.15) is 32.0 Å². The molecule has 0 spiro atoms. The van der Waals surface area contributed by atoms with Crippen LogP contribution < -0.4 is 0 Å². The number of alkyl halides is 1. The molecule has 0 N–H and O–H groups in total. The highest BCUT2D eigenvalue weighted by Gasteiger charge is 2.22. The highest BCUT2D eigenvalue weighted by atomic mass is 79.9. The molecule has 0 unspecified atom stereocenters. The SMILES string of the molecule is Cc1nn(C(=O)OC(C)(C)C)c2cc(F)c(CBr)cc12. The Balaban J connectivity index is 2.56. The van der Waals surface area contributed by atoms with Gasteiger partial charge in [0.15, 0.2) is 0 Å². The Morgan fingerprint density at radius 1 is 1.45 bits per heavy atom. The van der Waals surface area contributed by atoms with Gasteiger partial charge in [-0.3, -0.25) is 0 Å². The van der Waals surface area contributed by atoms with E-state index in [0.717, 1.165) is 10.1 Å². The summed E-state index contributed by atoms with van der Waals surface area (Å²) in [6.45, 7) is 7.09. The topological polar surface area (TPSA) is 44.1 Å². The Labute approximate surface area is 125 Å². The van der Waals surface area contributed by atoms with Crippen molar-refractivity contribution < 1.29 is 13.9 Å². The van der Waals surface area contributed by atoms with Crippen LogP contribution in [0.4, 0.5) is 9.18 Å². The number of carbonyl (C=O) groups is 1. The standard InChI is InChI=1S/C14H16BrFN2O2/c1-8-10-5-9(7-15)11(16)6-12(10)18(17-8)13(19)20-14(2,3)4/h5-6H,7H2,1-4H3. The van der Waals surface area contributed by atoms with Gasteiger partial charge in [-0.05, 0) is 39.3 Å². The van der Waals surface area contributed by atoms with Crippen molar-refractivity contribution in [3.63, 3.8) is 0 Å². The molecular formula is C14H16BrFN2O2. The Morgan fingerprint density at radius 2 is 2.10 bits per heavy atom. The van der Waals surface area contributed by atoms with Crippen molar-refractivity contribution in [2.75, 3.05) is 0 Å². The summed E-state index contributed by atoms with van der Waals surface area (Å²) in [7, 11) is 0. The molecule has 0 saturated heterocycles. The number of hydrogen-bond donors (Lipinski definition) is 0. The summed E-state index contributed by atoms with van der Waals surface area (Å²) in [5, 5.41) is 5.30. The van der Waals surface area contributed by atoms with Gasteiger partial charge in [0.25, 0.3) is 0 Å². The molecule has 1 heterocycles. The van der Waals surface area contributed by atoms with Gasteiger partial charge >= 0.3 is 6.09 Å². The summed E-state index contributed by atoms with van der Waals surface area (Å²) in [4.78, 5) is 12.1. The zero-order valence-corrected chi connectivity index (χ0v) is 13.4. The van der Waals surface area contributed by atoms with Crippen molar-refractivity contribution in [2.24, 2.45) is 0 Å². The van der Waals surface area contributed by atoms with Crippen LogP contribution in [0.5, 0.6) is 0 Å². The Kier molecular flexibility index (Phi) is 3.86. The van der Waals surface area contributed by atoms with E-state index >= 15 is 0 Å². The Bertz CT molecular complexity index is 674. The second-order valence-electron chi connectivity index (χ2n) is 5.57. The number of aryl methyl sites for hydroxylation is 1. The van der Waals surface area contributed by atoms with E-state index in [1.54, 1.807) is 33.8 Å². The van der Waals surface area contributed by atoms with Gasteiger partial charge in [0.1, 0.15) is 11.4 Å². The lowest BCUT2D eigenvalue weighted by Crippen LogP contribution is -2.27. The summed E-state index contributed by atoms with van der Waals surface area (Å²) >= 11 is 3.24. The first-order valence-electron chi connectivity index (χ1n) is 6.20. The number of benzene rings is 1. The quantitative estimate of drug-likeness (QED) is 0.731. The Morgan fingerprint density at radius 3 is 2.65 bits per heavy atom. The smallest absolute Gasteiger partial charge is 0.435 e. The third kappa shape index (κ3) is 2.85. The molecule has 108 valence electrons. The fraction of sp³-hybridized carbons (Fsp3) is 0.429. The minimum absolute atomic E-state index is 0.376. The maximum Gasteiger partial charge on any atom is 0.435 e. The number of halogens is 2. The predicted molar refractivity (Wildman–Crippen MR) is 78.7 cm³/mol. The molecule has 0 aliphatic carbocycles. The van der Waals surface area contributed by atoms with Crippen LogP contribution in [0.25, 0.3) is 10.9 Å². The maximum absolute atomic E-state index is 13.9. The summed E-state index contributed by atoms with van der Waals surface area (Å²) < 4.78 is 20.3. The molecule has 0 aliphatic rings. The van der Waals surface area contributed by atoms with E-state index in [1.165, 1.54) is 6.07 Å². The van der Waals surface area contributed by atoms with Crippen molar-refractivity contribution in [1.29, 1.82) is 0 Å². The van der Waals surface area contributed by atoms with Crippen LogP contribution in [0.2, 0.25) is 0 Å². The molecule has 0 amide bonds. The van der Waals surface area contributed by atoms with Crippen LogP contribution in [-0.2, 0) is 10.1 Å². The zero-order valence-electron chi connectivity index (χ0n) is 11.8. The van der Waals surface area contributed by atoms with Crippen LogP contribution in [-0.4, -0.2) is 21.5 Å². The first-order chi connectivity index (χ1) is 9.23. The lowest BCUT2D eigenvalue weighted by Gasteiger charge is -2.19.